The van der Waals surface area contributed by atoms with Gasteiger partial charge in [-0.15, -0.1) is 0 Å². The summed E-state index contributed by atoms with van der Waals surface area (Å²) in [5.41, 5.74) is 3.58. The Morgan fingerprint density at radius 3 is 2.50 bits per heavy atom. The van der Waals surface area contributed by atoms with Gasteiger partial charge in [0.15, 0.2) is 11.5 Å². The third-order valence-corrected chi connectivity index (χ3v) is 7.38. The SMILES string of the molecule is COc1cc2c(cc1OC)C1C(C(=O)N3CCCCC3C)c3ccccc3C(=O)N1CC2. The molecule has 2 aromatic carbocycles. The Kier molecular flexibility index (Phi) is 5.31. The Morgan fingerprint density at radius 2 is 1.75 bits per heavy atom. The zero-order valence-corrected chi connectivity index (χ0v) is 19.0. The van der Waals surface area contributed by atoms with Crippen LogP contribution in [0.1, 0.15) is 65.2 Å². The molecule has 1 saturated heterocycles. The zero-order valence-electron chi connectivity index (χ0n) is 19.0. The highest BCUT2D eigenvalue weighted by Crippen LogP contribution is 2.49. The molecule has 0 spiro atoms. The summed E-state index contributed by atoms with van der Waals surface area (Å²) in [6.45, 7) is 3.50. The minimum absolute atomic E-state index is 0.00165. The highest BCUT2D eigenvalue weighted by molar-refractivity contribution is 6.01. The Labute approximate surface area is 189 Å². The van der Waals surface area contributed by atoms with Gasteiger partial charge in [0.2, 0.25) is 5.91 Å². The second-order valence-electron chi connectivity index (χ2n) is 9.04. The molecular formula is C26H30N2O4. The summed E-state index contributed by atoms with van der Waals surface area (Å²) in [7, 11) is 3.24. The van der Waals surface area contributed by atoms with E-state index in [4.69, 9.17) is 9.47 Å². The normalized spacial score (nSPS) is 24.3. The largest absolute Gasteiger partial charge is 0.493 e. The molecule has 3 atom stereocenters. The van der Waals surface area contributed by atoms with E-state index in [1.54, 1.807) is 14.2 Å². The Bertz CT molecular complexity index is 1070. The van der Waals surface area contributed by atoms with Crippen molar-refractivity contribution in [3.05, 3.63) is 58.7 Å². The third kappa shape index (κ3) is 3.15. The van der Waals surface area contributed by atoms with Gasteiger partial charge in [-0.3, -0.25) is 9.59 Å². The lowest BCUT2D eigenvalue weighted by Gasteiger charge is -2.47. The summed E-state index contributed by atoms with van der Waals surface area (Å²) in [6.07, 6.45) is 3.93. The predicted octanol–water partition coefficient (Wildman–Crippen LogP) is 3.94. The quantitative estimate of drug-likeness (QED) is 0.734. The van der Waals surface area contributed by atoms with Crippen LogP contribution in [0.3, 0.4) is 0 Å². The summed E-state index contributed by atoms with van der Waals surface area (Å²) in [5, 5.41) is 0. The fourth-order valence-electron chi connectivity index (χ4n) is 5.72. The Hall–Kier alpha value is -3.02. The molecule has 3 unspecified atom stereocenters. The topological polar surface area (TPSA) is 59.1 Å². The first-order valence-electron chi connectivity index (χ1n) is 11.5. The molecule has 0 aliphatic carbocycles. The maximum Gasteiger partial charge on any atom is 0.254 e. The number of carbonyl (C=O) groups is 2. The van der Waals surface area contributed by atoms with Crippen LogP contribution in [0.25, 0.3) is 0 Å². The van der Waals surface area contributed by atoms with Crippen molar-refractivity contribution in [1.29, 1.82) is 0 Å². The van der Waals surface area contributed by atoms with Gasteiger partial charge in [0.25, 0.3) is 5.91 Å². The molecule has 0 bridgehead atoms. The fourth-order valence-corrected chi connectivity index (χ4v) is 5.72. The summed E-state index contributed by atoms with van der Waals surface area (Å²) >= 11 is 0. The molecule has 1 fully saturated rings. The number of rotatable bonds is 3. The standard InChI is InChI=1S/C26H30N2O4/c1-16-8-6-7-12-27(16)26(30)23-18-9-4-5-10-19(18)25(29)28-13-11-17-14-21(31-2)22(32-3)15-20(17)24(23)28/h4-5,9-10,14-16,23-24H,6-8,11-13H2,1-3H3. The van der Waals surface area contributed by atoms with Crippen molar-refractivity contribution in [2.24, 2.45) is 0 Å². The van der Waals surface area contributed by atoms with E-state index in [0.29, 0.717) is 23.6 Å². The Balaban J connectivity index is 1.68. The van der Waals surface area contributed by atoms with Crippen LogP contribution in [0.15, 0.2) is 36.4 Å². The number of ether oxygens (including phenoxy) is 2. The summed E-state index contributed by atoms with van der Waals surface area (Å²) in [6, 6.07) is 11.5. The van der Waals surface area contributed by atoms with E-state index in [1.165, 1.54) is 0 Å². The van der Waals surface area contributed by atoms with Crippen LogP contribution in [0, 0.1) is 0 Å². The van der Waals surface area contributed by atoms with Crippen molar-refractivity contribution in [3.63, 3.8) is 0 Å². The van der Waals surface area contributed by atoms with Crippen molar-refractivity contribution < 1.29 is 19.1 Å². The molecule has 3 heterocycles. The van der Waals surface area contributed by atoms with Crippen LogP contribution in [-0.2, 0) is 11.2 Å². The van der Waals surface area contributed by atoms with Gasteiger partial charge in [-0.1, -0.05) is 18.2 Å². The molecule has 0 N–H and O–H groups in total. The van der Waals surface area contributed by atoms with Crippen molar-refractivity contribution in [3.8, 4) is 11.5 Å². The van der Waals surface area contributed by atoms with Gasteiger partial charge < -0.3 is 19.3 Å². The molecule has 5 rings (SSSR count). The average Bonchev–Trinajstić information content (AvgIpc) is 2.83. The molecule has 6 nitrogen and oxygen atoms in total. The van der Waals surface area contributed by atoms with Gasteiger partial charge >= 0.3 is 0 Å². The lowest BCUT2D eigenvalue weighted by Crippen LogP contribution is -2.52. The number of hydrogen-bond donors (Lipinski definition) is 0. The maximum absolute atomic E-state index is 14.1. The van der Waals surface area contributed by atoms with E-state index in [1.807, 2.05) is 46.2 Å². The molecule has 0 radical (unpaired) electrons. The van der Waals surface area contributed by atoms with E-state index in [0.717, 1.165) is 48.9 Å². The van der Waals surface area contributed by atoms with Crippen molar-refractivity contribution in [2.75, 3.05) is 27.3 Å². The van der Waals surface area contributed by atoms with E-state index < -0.39 is 5.92 Å². The maximum atomic E-state index is 14.1. The van der Waals surface area contributed by atoms with Crippen LogP contribution >= 0.6 is 0 Å². The Morgan fingerprint density at radius 1 is 1.00 bits per heavy atom. The van der Waals surface area contributed by atoms with Gasteiger partial charge in [-0.25, -0.2) is 0 Å². The minimum atomic E-state index is -0.429. The lowest BCUT2D eigenvalue weighted by molar-refractivity contribution is -0.138. The summed E-state index contributed by atoms with van der Waals surface area (Å²) in [5.74, 6) is 0.991. The number of fused-ring (bicyclic) bond motifs is 4. The van der Waals surface area contributed by atoms with Crippen LogP contribution in [0.2, 0.25) is 0 Å². The molecule has 6 heteroatoms. The number of likely N-dealkylation sites (tertiary alicyclic amines) is 1. The van der Waals surface area contributed by atoms with Crippen LogP contribution in [0.4, 0.5) is 0 Å². The van der Waals surface area contributed by atoms with Crippen LogP contribution in [-0.4, -0.2) is 55.0 Å². The molecule has 3 aliphatic rings. The third-order valence-electron chi connectivity index (χ3n) is 7.38. The van der Waals surface area contributed by atoms with Gasteiger partial charge in [-0.05, 0) is 67.5 Å². The van der Waals surface area contributed by atoms with Crippen LogP contribution < -0.4 is 9.47 Å². The van der Waals surface area contributed by atoms with E-state index in [2.05, 4.69) is 6.92 Å². The zero-order chi connectivity index (χ0) is 22.4. The minimum Gasteiger partial charge on any atom is -0.493 e. The molecule has 3 aliphatic heterocycles. The first-order chi connectivity index (χ1) is 15.5. The van der Waals surface area contributed by atoms with Gasteiger partial charge in [0.05, 0.1) is 26.2 Å². The van der Waals surface area contributed by atoms with Crippen molar-refractivity contribution >= 4 is 11.8 Å². The number of benzene rings is 2. The number of piperidine rings is 1. The highest BCUT2D eigenvalue weighted by Gasteiger charge is 2.48. The van der Waals surface area contributed by atoms with Crippen molar-refractivity contribution in [1.82, 2.24) is 9.80 Å². The van der Waals surface area contributed by atoms with Gasteiger partial charge in [0.1, 0.15) is 0 Å². The number of hydrogen-bond acceptors (Lipinski definition) is 4. The average molecular weight is 435 g/mol. The van der Waals surface area contributed by atoms with E-state index in [-0.39, 0.29) is 23.9 Å². The van der Waals surface area contributed by atoms with E-state index in [9.17, 15) is 9.59 Å². The van der Waals surface area contributed by atoms with Crippen molar-refractivity contribution in [2.45, 2.75) is 50.6 Å². The second kappa shape index (κ2) is 8.15. The second-order valence-corrected chi connectivity index (χ2v) is 9.04. The summed E-state index contributed by atoms with van der Waals surface area (Å²) in [4.78, 5) is 31.5. The molecule has 2 amide bonds. The molecular weight excluding hydrogens is 404 g/mol. The first kappa shape index (κ1) is 20.9. The molecule has 168 valence electrons. The number of carbonyl (C=O) groups excluding carboxylic acids is 2. The molecule has 32 heavy (non-hydrogen) atoms. The highest BCUT2D eigenvalue weighted by atomic mass is 16.5. The number of nitrogens with zero attached hydrogens (tertiary/aromatic N) is 2. The number of amides is 2. The predicted molar refractivity (Wildman–Crippen MR) is 121 cm³/mol. The first-order valence-corrected chi connectivity index (χ1v) is 11.5. The van der Waals surface area contributed by atoms with Crippen LogP contribution in [0.5, 0.6) is 11.5 Å². The lowest BCUT2D eigenvalue weighted by atomic mass is 9.75. The molecule has 2 aromatic rings. The molecule has 0 aromatic heterocycles. The molecule has 0 saturated carbocycles. The fraction of sp³-hybridized carbons (Fsp3) is 0.462. The number of methoxy groups -OCH3 is 2. The van der Waals surface area contributed by atoms with Gasteiger partial charge in [-0.2, -0.15) is 0 Å². The smallest absolute Gasteiger partial charge is 0.254 e. The summed E-state index contributed by atoms with van der Waals surface area (Å²) < 4.78 is 11.1. The van der Waals surface area contributed by atoms with Gasteiger partial charge in [0, 0.05) is 24.7 Å². The monoisotopic (exact) mass is 434 g/mol. The van der Waals surface area contributed by atoms with E-state index >= 15 is 0 Å².